The van der Waals surface area contributed by atoms with Gasteiger partial charge in [-0.3, -0.25) is 0 Å². The molecule has 1 aromatic carbocycles. The monoisotopic (exact) mass is 284 g/mol. The third-order valence-electron chi connectivity index (χ3n) is 3.86. The molecule has 3 nitrogen and oxygen atoms in total. The maximum absolute atomic E-state index is 5.73. The summed E-state index contributed by atoms with van der Waals surface area (Å²) in [6.07, 6.45) is 3.01. The normalized spacial score (nSPS) is 14.5. The maximum atomic E-state index is 5.73. The third kappa shape index (κ3) is 3.48. The summed E-state index contributed by atoms with van der Waals surface area (Å²) in [5.41, 5.74) is 4.14. The fourth-order valence-electron chi connectivity index (χ4n) is 2.73. The molecule has 0 spiro atoms. The molecule has 0 fully saturated rings. The van der Waals surface area contributed by atoms with Gasteiger partial charge in [0.1, 0.15) is 5.76 Å². The number of nitrogens with one attached hydrogen (secondary N) is 1. The van der Waals surface area contributed by atoms with Gasteiger partial charge in [-0.25, -0.2) is 0 Å². The summed E-state index contributed by atoms with van der Waals surface area (Å²) in [7, 11) is 0. The van der Waals surface area contributed by atoms with Crippen LogP contribution in [0.15, 0.2) is 41.0 Å². The molecule has 1 aliphatic rings. The highest BCUT2D eigenvalue weighted by atomic mass is 16.3. The van der Waals surface area contributed by atoms with Gasteiger partial charge in [0.25, 0.3) is 0 Å². The lowest BCUT2D eigenvalue weighted by molar-refractivity contribution is 0.422. The van der Waals surface area contributed by atoms with E-state index >= 15 is 0 Å². The van der Waals surface area contributed by atoms with Crippen molar-refractivity contribution in [2.24, 2.45) is 0 Å². The highest BCUT2D eigenvalue weighted by Gasteiger charge is 2.19. The molecule has 0 radical (unpaired) electrons. The van der Waals surface area contributed by atoms with Crippen molar-refractivity contribution in [3.8, 4) is 0 Å². The summed E-state index contributed by atoms with van der Waals surface area (Å²) in [6.45, 7) is 9.31. The SMILES string of the molecule is CC(C)(C)NCc1coc(CN2CCc3ccccc32)c1. The minimum Gasteiger partial charge on any atom is -0.467 e. The van der Waals surface area contributed by atoms with E-state index < -0.39 is 0 Å². The van der Waals surface area contributed by atoms with Gasteiger partial charge in [0.05, 0.1) is 12.8 Å². The second-order valence-corrected chi connectivity index (χ2v) is 6.83. The predicted molar refractivity (Wildman–Crippen MR) is 86.5 cm³/mol. The summed E-state index contributed by atoms with van der Waals surface area (Å²) in [5.74, 6) is 1.04. The van der Waals surface area contributed by atoms with Crippen LogP contribution < -0.4 is 10.2 Å². The molecular weight excluding hydrogens is 260 g/mol. The maximum Gasteiger partial charge on any atom is 0.123 e. The summed E-state index contributed by atoms with van der Waals surface area (Å²) < 4.78 is 5.73. The average Bonchev–Trinajstić information content (AvgIpc) is 3.04. The van der Waals surface area contributed by atoms with Crippen LogP contribution in [-0.4, -0.2) is 12.1 Å². The van der Waals surface area contributed by atoms with E-state index in [0.717, 1.165) is 31.8 Å². The molecule has 3 rings (SSSR count). The average molecular weight is 284 g/mol. The third-order valence-corrected chi connectivity index (χ3v) is 3.86. The smallest absolute Gasteiger partial charge is 0.123 e. The molecule has 0 atom stereocenters. The number of nitrogens with zero attached hydrogens (tertiary/aromatic N) is 1. The topological polar surface area (TPSA) is 28.4 Å². The van der Waals surface area contributed by atoms with Crippen molar-refractivity contribution in [2.75, 3.05) is 11.4 Å². The Labute approximate surface area is 127 Å². The van der Waals surface area contributed by atoms with Crippen molar-refractivity contribution in [1.82, 2.24) is 5.32 Å². The number of anilines is 1. The Morgan fingerprint density at radius 2 is 2.05 bits per heavy atom. The van der Waals surface area contributed by atoms with Gasteiger partial charge in [0, 0.05) is 29.9 Å². The standard InChI is InChI=1S/C18H24N2O/c1-18(2,3)19-11-14-10-16(21-13-14)12-20-9-8-15-6-4-5-7-17(15)20/h4-7,10,13,19H,8-9,11-12H2,1-3H3. The molecule has 0 unspecified atom stereocenters. The van der Waals surface area contributed by atoms with Gasteiger partial charge in [0.2, 0.25) is 0 Å². The number of benzene rings is 1. The molecule has 1 aromatic heterocycles. The highest BCUT2D eigenvalue weighted by Crippen LogP contribution is 2.29. The van der Waals surface area contributed by atoms with Crippen molar-refractivity contribution in [3.63, 3.8) is 0 Å². The molecule has 3 heteroatoms. The van der Waals surface area contributed by atoms with Crippen LogP contribution in [0.5, 0.6) is 0 Å². The first-order chi connectivity index (χ1) is 10.0. The zero-order valence-corrected chi connectivity index (χ0v) is 13.1. The second kappa shape index (κ2) is 5.57. The second-order valence-electron chi connectivity index (χ2n) is 6.83. The molecule has 0 amide bonds. The van der Waals surface area contributed by atoms with Gasteiger partial charge in [-0.2, -0.15) is 0 Å². The van der Waals surface area contributed by atoms with Gasteiger partial charge < -0.3 is 14.6 Å². The summed E-state index contributed by atoms with van der Waals surface area (Å²) in [4.78, 5) is 2.40. The quantitative estimate of drug-likeness (QED) is 0.927. The Morgan fingerprint density at radius 1 is 1.24 bits per heavy atom. The van der Waals surface area contributed by atoms with Gasteiger partial charge in [-0.05, 0) is 44.9 Å². The molecule has 0 saturated carbocycles. The number of hydrogen-bond acceptors (Lipinski definition) is 3. The molecule has 2 heterocycles. The largest absolute Gasteiger partial charge is 0.467 e. The molecule has 112 valence electrons. The van der Waals surface area contributed by atoms with Crippen molar-refractivity contribution < 1.29 is 4.42 Å². The van der Waals surface area contributed by atoms with Crippen LogP contribution in [0.1, 0.15) is 37.7 Å². The fraction of sp³-hybridized carbons (Fsp3) is 0.444. The minimum atomic E-state index is 0.130. The number of fused-ring (bicyclic) bond motifs is 1. The Hall–Kier alpha value is -1.74. The van der Waals surface area contributed by atoms with Crippen molar-refractivity contribution in [3.05, 3.63) is 53.5 Å². The number of hydrogen-bond donors (Lipinski definition) is 1. The van der Waals surface area contributed by atoms with Crippen LogP contribution in [0.4, 0.5) is 5.69 Å². The van der Waals surface area contributed by atoms with Crippen LogP contribution in [-0.2, 0) is 19.5 Å². The molecule has 21 heavy (non-hydrogen) atoms. The van der Waals surface area contributed by atoms with Gasteiger partial charge in [0.15, 0.2) is 0 Å². The van der Waals surface area contributed by atoms with Crippen LogP contribution >= 0.6 is 0 Å². The van der Waals surface area contributed by atoms with Crippen LogP contribution in [0.2, 0.25) is 0 Å². The van der Waals surface area contributed by atoms with Gasteiger partial charge in [-0.15, -0.1) is 0 Å². The van der Waals surface area contributed by atoms with E-state index in [1.165, 1.54) is 16.8 Å². The Balaban J connectivity index is 1.63. The highest BCUT2D eigenvalue weighted by molar-refractivity contribution is 5.57. The van der Waals surface area contributed by atoms with Crippen LogP contribution in [0.25, 0.3) is 0 Å². The van der Waals surface area contributed by atoms with Crippen molar-refractivity contribution >= 4 is 5.69 Å². The van der Waals surface area contributed by atoms with E-state index in [1.807, 2.05) is 6.26 Å². The van der Waals surface area contributed by atoms with Gasteiger partial charge in [-0.1, -0.05) is 18.2 Å². The fourth-order valence-corrected chi connectivity index (χ4v) is 2.73. The van der Waals surface area contributed by atoms with E-state index in [9.17, 15) is 0 Å². The van der Waals surface area contributed by atoms with E-state index in [1.54, 1.807) is 0 Å². The van der Waals surface area contributed by atoms with Crippen LogP contribution in [0, 0.1) is 0 Å². The molecule has 0 aliphatic carbocycles. The lowest BCUT2D eigenvalue weighted by Crippen LogP contribution is -2.34. The van der Waals surface area contributed by atoms with Crippen molar-refractivity contribution in [2.45, 2.75) is 45.8 Å². The molecule has 2 aromatic rings. The van der Waals surface area contributed by atoms with E-state index in [0.29, 0.717) is 0 Å². The van der Waals surface area contributed by atoms with E-state index in [2.05, 4.69) is 61.3 Å². The Morgan fingerprint density at radius 3 is 2.86 bits per heavy atom. The van der Waals surface area contributed by atoms with Crippen LogP contribution in [0.3, 0.4) is 0 Å². The lowest BCUT2D eigenvalue weighted by Gasteiger charge is -2.19. The number of para-hydroxylation sites is 1. The zero-order chi connectivity index (χ0) is 14.9. The minimum absolute atomic E-state index is 0.130. The zero-order valence-electron chi connectivity index (χ0n) is 13.1. The molecule has 0 saturated heterocycles. The Kier molecular flexibility index (Phi) is 3.77. The summed E-state index contributed by atoms with van der Waals surface area (Å²) >= 11 is 0. The first-order valence-electron chi connectivity index (χ1n) is 7.65. The van der Waals surface area contributed by atoms with Gasteiger partial charge >= 0.3 is 0 Å². The number of furan rings is 1. The van der Waals surface area contributed by atoms with Crippen molar-refractivity contribution in [1.29, 1.82) is 0 Å². The molecule has 1 N–H and O–H groups in total. The molecule has 1 aliphatic heterocycles. The summed E-state index contributed by atoms with van der Waals surface area (Å²) in [5, 5.41) is 3.49. The lowest BCUT2D eigenvalue weighted by atomic mass is 10.1. The van der Waals surface area contributed by atoms with E-state index in [-0.39, 0.29) is 5.54 Å². The first kappa shape index (κ1) is 14.2. The first-order valence-corrected chi connectivity index (χ1v) is 7.65. The van der Waals surface area contributed by atoms with E-state index in [4.69, 9.17) is 4.42 Å². The number of rotatable bonds is 4. The molecular formula is C18H24N2O. The molecule has 0 bridgehead atoms. The predicted octanol–water partition coefficient (Wildman–Crippen LogP) is 3.73. The summed E-state index contributed by atoms with van der Waals surface area (Å²) in [6, 6.07) is 10.8. The Bertz CT molecular complexity index is 610.